The van der Waals surface area contributed by atoms with Gasteiger partial charge in [0.25, 0.3) is 0 Å². The highest BCUT2D eigenvalue weighted by Crippen LogP contribution is 2.26. The minimum atomic E-state index is 0.0770. The summed E-state index contributed by atoms with van der Waals surface area (Å²) in [5.74, 6) is 1.07. The summed E-state index contributed by atoms with van der Waals surface area (Å²) in [5, 5.41) is 0. The van der Waals surface area contributed by atoms with Crippen molar-refractivity contribution in [2.24, 2.45) is 0 Å². The summed E-state index contributed by atoms with van der Waals surface area (Å²) >= 11 is 0. The second-order valence-electron chi connectivity index (χ2n) is 4.31. The van der Waals surface area contributed by atoms with Crippen LogP contribution in [0, 0.1) is 0 Å². The summed E-state index contributed by atoms with van der Waals surface area (Å²) in [7, 11) is 0. The molecule has 4 nitrogen and oxygen atoms in total. The number of ether oxygens (including phenoxy) is 2. The van der Waals surface area contributed by atoms with E-state index in [-0.39, 0.29) is 5.78 Å². The summed E-state index contributed by atoms with van der Waals surface area (Å²) in [6.07, 6.45) is 1.96. The summed E-state index contributed by atoms with van der Waals surface area (Å²) in [6.45, 7) is 0.861. The van der Waals surface area contributed by atoms with E-state index in [1.165, 1.54) is 0 Å². The highest BCUT2D eigenvalue weighted by Gasteiger charge is 2.19. The van der Waals surface area contributed by atoms with Crippen molar-refractivity contribution in [1.82, 2.24) is 4.98 Å². The monoisotopic (exact) mass is 255 g/mol. The van der Waals surface area contributed by atoms with Crippen molar-refractivity contribution in [3.8, 4) is 11.6 Å². The van der Waals surface area contributed by atoms with Crippen molar-refractivity contribution in [2.45, 2.75) is 13.0 Å². The third-order valence-electron chi connectivity index (χ3n) is 2.96. The minimum absolute atomic E-state index is 0.0770. The lowest BCUT2D eigenvalue weighted by molar-refractivity contribution is 0.0932. The Kier molecular flexibility index (Phi) is 3.14. The standard InChI is InChI=1S/C15H13NO3/c17-13-6-7-18-14-9-16-15(8-12(13)14)19-10-11-4-2-1-3-5-11/h1-5,8-9H,6-7,10H2. The predicted octanol–water partition coefficient (Wildman–Crippen LogP) is 2.63. The number of carbonyl (C=O) groups is 1. The normalized spacial score (nSPS) is 13.6. The fraction of sp³-hybridized carbons (Fsp3) is 0.200. The third-order valence-corrected chi connectivity index (χ3v) is 2.96. The molecule has 1 aromatic heterocycles. The Bertz CT molecular complexity index is 596. The Morgan fingerprint density at radius 1 is 1.26 bits per heavy atom. The molecule has 2 aromatic rings. The van der Waals surface area contributed by atoms with Gasteiger partial charge in [0, 0.05) is 12.5 Å². The molecule has 0 saturated heterocycles. The first-order valence-corrected chi connectivity index (χ1v) is 6.16. The first kappa shape index (κ1) is 11.7. The molecular formula is C15H13NO3. The highest BCUT2D eigenvalue weighted by atomic mass is 16.5. The van der Waals surface area contributed by atoms with E-state index >= 15 is 0 Å². The van der Waals surface area contributed by atoms with Crippen LogP contribution >= 0.6 is 0 Å². The number of hydrogen-bond donors (Lipinski definition) is 0. The van der Waals surface area contributed by atoms with Crippen LogP contribution in [-0.4, -0.2) is 17.4 Å². The molecule has 0 bridgehead atoms. The second-order valence-corrected chi connectivity index (χ2v) is 4.31. The molecule has 19 heavy (non-hydrogen) atoms. The molecular weight excluding hydrogens is 242 g/mol. The van der Waals surface area contributed by atoms with Crippen molar-refractivity contribution >= 4 is 5.78 Å². The van der Waals surface area contributed by atoms with Crippen molar-refractivity contribution < 1.29 is 14.3 Å². The largest absolute Gasteiger partial charge is 0.491 e. The highest BCUT2D eigenvalue weighted by molar-refractivity contribution is 5.99. The molecule has 0 saturated carbocycles. The summed E-state index contributed by atoms with van der Waals surface area (Å²) in [6, 6.07) is 11.5. The fourth-order valence-electron chi connectivity index (χ4n) is 1.96. The number of ketones is 1. The number of benzene rings is 1. The van der Waals surface area contributed by atoms with Gasteiger partial charge in [0.05, 0.1) is 18.4 Å². The minimum Gasteiger partial charge on any atom is -0.491 e. The van der Waals surface area contributed by atoms with Crippen molar-refractivity contribution in [3.05, 3.63) is 53.7 Å². The van der Waals surface area contributed by atoms with Gasteiger partial charge in [-0.25, -0.2) is 4.98 Å². The van der Waals surface area contributed by atoms with E-state index < -0.39 is 0 Å². The van der Waals surface area contributed by atoms with Crippen LogP contribution in [0.15, 0.2) is 42.6 Å². The molecule has 0 unspecified atom stereocenters. The molecule has 3 rings (SSSR count). The van der Waals surface area contributed by atoms with Crippen LogP contribution in [0.3, 0.4) is 0 Å². The molecule has 0 N–H and O–H groups in total. The maximum atomic E-state index is 11.7. The number of carbonyl (C=O) groups excluding carboxylic acids is 1. The van der Waals surface area contributed by atoms with Crippen molar-refractivity contribution in [3.63, 3.8) is 0 Å². The number of pyridine rings is 1. The SMILES string of the molecule is O=C1CCOc2cnc(OCc3ccccc3)cc21. The topological polar surface area (TPSA) is 48.4 Å². The lowest BCUT2D eigenvalue weighted by Crippen LogP contribution is -2.15. The van der Waals surface area contributed by atoms with E-state index in [0.717, 1.165) is 5.56 Å². The van der Waals surface area contributed by atoms with Gasteiger partial charge in [0.1, 0.15) is 12.4 Å². The van der Waals surface area contributed by atoms with Gasteiger partial charge in [-0.1, -0.05) is 30.3 Å². The van der Waals surface area contributed by atoms with E-state index in [2.05, 4.69) is 4.98 Å². The van der Waals surface area contributed by atoms with Crippen LogP contribution < -0.4 is 9.47 Å². The zero-order valence-corrected chi connectivity index (χ0v) is 10.3. The van der Waals surface area contributed by atoms with Crippen LogP contribution in [0.2, 0.25) is 0 Å². The van der Waals surface area contributed by atoms with Crippen LogP contribution in [0.5, 0.6) is 11.6 Å². The van der Waals surface area contributed by atoms with Gasteiger partial charge in [-0.2, -0.15) is 0 Å². The maximum Gasteiger partial charge on any atom is 0.214 e. The molecule has 1 aliphatic heterocycles. The quantitative estimate of drug-likeness (QED) is 0.846. The summed E-state index contributed by atoms with van der Waals surface area (Å²) in [4.78, 5) is 15.9. The molecule has 4 heteroatoms. The van der Waals surface area contributed by atoms with Gasteiger partial charge in [-0.15, -0.1) is 0 Å². The van der Waals surface area contributed by atoms with Crippen LogP contribution in [0.4, 0.5) is 0 Å². The van der Waals surface area contributed by atoms with Crippen LogP contribution in [-0.2, 0) is 6.61 Å². The molecule has 2 heterocycles. The first-order chi connectivity index (χ1) is 9.33. The molecule has 0 atom stereocenters. The summed E-state index contributed by atoms with van der Waals surface area (Å²) in [5.41, 5.74) is 1.62. The van der Waals surface area contributed by atoms with E-state index in [1.54, 1.807) is 12.3 Å². The molecule has 1 aliphatic rings. The molecule has 1 aromatic carbocycles. The zero-order valence-electron chi connectivity index (χ0n) is 10.3. The number of rotatable bonds is 3. The Balaban J connectivity index is 1.75. The average Bonchev–Trinajstić information content (AvgIpc) is 2.47. The van der Waals surface area contributed by atoms with Crippen molar-refractivity contribution in [2.75, 3.05) is 6.61 Å². The number of hydrogen-bond acceptors (Lipinski definition) is 4. The molecule has 0 spiro atoms. The van der Waals surface area contributed by atoms with E-state index in [9.17, 15) is 4.79 Å². The number of fused-ring (bicyclic) bond motifs is 1. The third kappa shape index (κ3) is 2.57. The van der Waals surface area contributed by atoms with E-state index in [1.807, 2.05) is 30.3 Å². The summed E-state index contributed by atoms with van der Waals surface area (Å²) < 4.78 is 11.0. The number of Topliss-reactive ketones (excluding diaryl/α,β-unsaturated/α-hetero) is 1. The van der Waals surface area contributed by atoms with Gasteiger partial charge in [0.2, 0.25) is 5.88 Å². The average molecular weight is 255 g/mol. The van der Waals surface area contributed by atoms with E-state index in [0.29, 0.717) is 36.8 Å². The molecule has 0 radical (unpaired) electrons. The van der Waals surface area contributed by atoms with Gasteiger partial charge >= 0.3 is 0 Å². The lowest BCUT2D eigenvalue weighted by atomic mass is 10.1. The van der Waals surface area contributed by atoms with Gasteiger partial charge in [0.15, 0.2) is 5.78 Å². The van der Waals surface area contributed by atoms with Crippen LogP contribution in [0.1, 0.15) is 22.3 Å². The smallest absolute Gasteiger partial charge is 0.214 e. The first-order valence-electron chi connectivity index (χ1n) is 6.16. The fourth-order valence-corrected chi connectivity index (χ4v) is 1.96. The Morgan fingerprint density at radius 2 is 2.11 bits per heavy atom. The Morgan fingerprint density at radius 3 is 2.95 bits per heavy atom. The van der Waals surface area contributed by atoms with Gasteiger partial charge in [-0.05, 0) is 5.56 Å². The van der Waals surface area contributed by atoms with E-state index in [4.69, 9.17) is 9.47 Å². The van der Waals surface area contributed by atoms with Gasteiger partial charge < -0.3 is 9.47 Å². The second kappa shape index (κ2) is 5.10. The Hall–Kier alpha value is -2.36. The molecule has 0 aliphatic carbocycles. The predicted molar refractivity (Wildman–Crippen MR) is 69.5 cm³/mol. The Labute approximate surface area is 111 Å². The van der Waals surface area contributed by atoms with Crippen molar-refractivity contribution in [1.29, 1.82) is 0 Å². The molecule has 96 valence electrons. The lowest BCUT2D eigenvalue weighted by Gasteiger charge is -2.16. The number of nitrogens with zero attached hydrogens (tertiary/aromatic N) is 1. The molecule has 0 amide bonds. The molecule has 0 fully saturated rings. The zero-order chi connectivity index (χ0) is 13.1. The van der Waals surface area contributed by atoms with Crippen LogP contribution in [0.25, 0.3) is 0 Å². The van der Waals surface area contributed by atoms with Gasteiger partial charge in [-0.3, -0.25) is 4.79 Å². The number of aromatic nitrogens is 1. The maximum absolute atomic E-state index is 11.7.